The first kappa shape index (κ1) is 43.9. The lowest BCUT2D eigenvalue weighted by Gasteiger charge is -2.46. The molecule has 0 radical (unpaired) electrons. The van der Waals surface area contributed by atoms with E-state index in [1.54, 1.807) is 6.08 Å². The Hall–Kier alpha value is -1.27. The topological polar surface area (TPSA) is 228 Å². The number of ether oxygens (including phenoxy) is 4. The molecule has 2 rings (SSSR count). The number of hydrogen-bond acceptors (Lipinski definition) is 13. The van der Waals surface area contributed by atoms with Gasteiger partial charge >= 0.3 is 0 Å². The molecule has 49 heavy (non-hydrogen) atoms. The third-order valence-electron chi connectivity index (χ3n) is 9.22. The second-order valence-electron chi connectivity index (χ2n) is 13.4. The van der Waals surface area contributed by atoms with Crippen LogP contribution in [0.1, 0.15) is 110 Å². The monoisotopic (exact) mass is 707 g/mol. The molecule has 9 N–H and O–H groups in total. The average molecular weight is 708 g/mol. The molecule has 2 fully saturated rings. The van der Waals surface area contributed by atoms with Crippen LogP contribution in [-0.2, 0) is 23.7 Å². The molecule has 1 amide bonds. The van der Waals surface area contributed by atoms with Crippen molar-refractivity contribution in [2.45, 2.75) is 184 Å². The van der Waals surface area contributed by atoms with Gasteiger partial charge in [0.05, 0.1) is 32.0 Å². The molecule has 12 unspecified atom stereocenters. The van der Waals surface area contributed by atoms with Crippen LogP contribution < -0.4 is 5.32 Å². The molecule has 0 aromatic heterocycles. The molecule has 2 aliphatic rings. The van der Waals surface area contributed by atoms with Crippen LogP contribution in [0.2, 0.25) is 0 Å². The molecular formula is C35H65NO13. The number of aliphatic hydroxyl groups is 8. The summed E-state index contributed by atoms with van der Waals surface area (Å²) in [5, 5.41) is 85.5. The van der Waals surface area contributed by atoms with Gasteiger partial charge in [-0.15, -0.1) is 0 Å². The third-order valence-corrected chi connectivity index (χ3v) is 9.22. The summed E-state index contributed by atoms with van der Waals surface area (Å²) in [4.78, 5) is 12.7. The fraction of sp³-hybridized carbons (Fsp3) is 0.914. The summed E-state index contributed by atoms with van der Waals surface area (Å²) in [6.45, 7) is 2.58. The van der Waals surface area contributed by atoms with Crippen LogP contribution in [0.15, 0.2) is 12.2 Å². The number of unbranched alkanes of at least 4 members (excludes halogenated alkanes) is 12. The summed E-state index contributed by atoms with van der Waals surface area (Å²) < 4.78 is 22.4. The van der Waals surface area contributed by atoms with Crippen LogP contribution in [0.5, 0.6) is 0 Å². The molecule has 0 aromatic carbocycles. The van der Waals surface area contributed by atoms with E-state index in [0.29, 0.717) is 6.42 Å². The largest absolute Gasteiger partial charge is 0.394 e. The lowest BCUT2D eigenvalue weighted by atomic mass is 9.97. The van der Waals surface area contributed by atoms with Crippen molar-refractivity contribution < 1.29 is 64.6 Å². The van der Waals surface area contributed by atoms with E-state index >= 15 is 0 Å². The number of nitrogens with one attached hydrogen (secondary N) is 1. The highest BCUT2D eigenvalue weighted by atomic mass is 16.7. The van der Waals surface area contributed by atoms with Crippen LogP contribution in [0.4, 0.5) is 0 Å². The van der Waals surface area contributed by atoms with Gasteiger partial charge in [-0.05, 0) is 19.3 Å². The van der Waals surface area contributed by atoms with Gasteiger partial charge < -0.3 is 65.1 Å². The maximum atomic E-state index is 12.7. The van der Waals surface area contributed by atoms with E-state index in [1.165, 1.54) is 44.9 Å². The number of carbonyl (C=O) groups excluding carboxylic acids is 1. The van der Waals surface area contributed by atoms with Crippen molar-refractivity contribution in [2.75, 3.05) is 19.8 Å². The predicted octanol–water partition coefficient (Wildman–Crippen LogP) is 0.920. The van der Waals surface area contributed by atoms with E-state index in [2.05, 4.69) is 19.2 Å². The average Bonchev–Trinajstić information content (AvgIpc) is 3.09. The number of amides is 1. The zero-order chi connectivity index (χ0) is 36.2. The first-order valence-electron chi connectivity index (χ1n) is 18.4. The second kappa shape index (κ2) is 24.8. The van der Waals surface area contributed by atoms with Gasteiger partial charge in [-0.3, -0.25) is 4.79 Å². The van der Waals surface area contributed by atoms with Crippen LogP contribution in [0, 0.1) is 0 Å². The maximum absolute atomic E-state index is 12.7. The van der Waals surface area contributed by atoms with Crippen LogP contribution in [0.25, 0.3) is 0 Å². The molecule has 0 aromatic rings. The summed E-state index contributed by atoms with van der Waals surface area (Å²) in [5.74, 6) is -0.262. The minimum Gasteiger partial charge on any atom is -0.394 e. The molecule has 0 saturated carbocycles. The highest BCUT2D eigenvalue weighted by molar-refractivity contribution is 5.76. The predicted molar refractivity (Wildman–Crippen MR) is 180 cm³/mol. The van der Waals surface area contributed by atoms with Crippen molar-refractivity contribution in [3.63, 3.8) is 0 Å². The summed E-state index contributed by atoms with van der Waals surface area (Å²) in [7, 11) is 0. The molecule has 2 aliphatic heterocycles. The molecule has 14 nitrogen and oxygen atoms in total. The molecule has 14 heteroatoms. The van der Waals surface area contributed by atoms with E-state index in [-0.39, 0.29) is 18.9 Å². The van der Waals surface area contributed by atoms with Gasteiger partial charge in [-0.2, -0.15) is 0 Å². The molecule has 0 spiro atoms. The number of aliphatic hydroxyl groups excluding tert-OH is 8. The molecule has 12 atom stereocenters. The van der Waals surface area contributed by atoms with Crippen molar-refractivity contribution in [1.82, 2.24) is 5.32 Å². The summed E-state index contributed by atoms with van der Waals surface area (Å²) in [6, 6.07) is -0.901. The standard InChI is InChI=1S/C35H65NO13/c1-3-5-7-9-10-11-12-13-14-15-16-18-24(39)23(36-27(40)19-17-8-6-4-2)22-46-34-32(45)30(43)33(26(21-38)48-34)49-35-31(44)29(42)28(41)25(20-37)47-35/h16,18,23-26,28-35,37-39,41-45H,3-15,17,19-22H2,1-2H3,(H,36,40)/b18-16+. The van der Waals surface area contributed by atoms with E-state index < -0.39 is 86.8 Å². The molecule has 2 saturated heterocycles. The second-order valence-corrected chi connectivity index (χ2v) is 13.4. The minimum absolute atomic E-state index is 0.262. The molecular weight excluding hydrogens is 642 g/mol. The smallest absolute Gasteiger partial charge is 0.220 e. The Morgan fingerprint density at radius 2 is 1.27 bits per heavy atom. The summed E-state index contributed by atoms with van der Waals surface area (Å²) in [5.41, 5.74) is 0. The van der Waals surface area contributed by atoms with Crippen molar-refractivity contribution in [3.05, 3.63) is 12.2 Å². The normalized spacial score (nSPS) is 32.0. The Morgan fingerprint density at radius 1 is 0.714 bits per heavy atom. The number of hydrogen-bond donors (Lipinski definition) is 9. The van der Waals surface area contributed by atoms with Crippen LogP contribution in [0.3, 0.4) is 0 Å². The Labute approximate surface area is 291 Å². The zero-order valence-corrected chi connectivity index (χ0v) is 29.4. The first-order chi connectivity index (χ1) is 23.6. The van der Waals surface area contributed by atoms with Crippen molar-refractivity contribution >= 4 is 5.91 Å². The fourth-order valence-electron chi connectivity index (χ4n) is 6.05. The van der Waals surface area contributed by atoms with E-state index in [4.69, 9.17) is 18.9 Å². The molecule has 0 bridgehead atoms. The lowest BCUT2D eigenvalue weighted by Crippen LogP contribution is -2.65. The summed E-state index contributed by atoms with van der Waals surface area (Å²) >= 11 is 0. The van der Waals surface area contributed by atoms with Crippen LogP contribution >= 0.6 is 0 Å². The van der Waals surface area contributed by atoms with Crippen LogP contribution in [-0.4, -0.2) is 140 Å². The number of rotatable bonds is 25. The molecule has 2 heterocycles. The third kappa shape index (κ3) is 15.1. The van der Waals surface area contributed by atoms with Gasteiger partial charge in [0.25, 0.3) is 0 Å². The number of allylic oxidation sites excluding steroid dienone is 1. The van der Waals surface area contributed by atoms with Gasteiger partial charge in [0.2, 0.25) is 5.91 Å². The first-order valence-corrected chi connectivity index (χ1v) is 18.4. The Bertz CT molecular complexity index is 894. The fourth-order valence-corrected chi connectivity index (χ4v) is 6.05. The van der Waals surface area contributed by atoms with E-state index in [9.17, 15) is 45.6 Å². The van der Waals surface area contributed by atoms with Gasteiger partial charge in [0.1, 0.15) is 48.8 Å². The Balaban J connectivity index is 1.97. The highest BCUT2D eigenvalue weighted by Gasteiger charge is 2.50. The zero-order valence-electron chi connectivity index (χ0n) is 29.4. The maximum Gasteiger partial charge on any atom is 0.220 e. The highest BCUT2D eigenvalue weighted by Crippen LogP contribution is 2.29. The number of carbonyl (C=O) groups is 1. The van der Waals surface area contributed by atoms with Gasteiger partial charge in [0.15, 0.2) is 12.6 Å². The van der Waals surface area contributed by atoms with Gasteiger partial charge in [0, 0.05) is 6.42 Å². The van der Waals surface area contributed by atoms with Crippen molar-refractivity contribution in [2.24, 2.45) is 0 Å². The quantitative estimate of drug-likeness (QED) is 0.0476. The van der Waals surface area contributed by atoms with Crippen molar-refractivity contribution in [1.29, 1.82) is 0 Å². The molecule has 0 aliphatic carbocycles. The Morgan fingerprint density at radius 3 is 1.88 bits per heavy atom. The van der Waals surface area contributed by atoms with Gasteiger partial charge in [-0.25, -0.2) is 0 Å². The van der Waals surface area contributed by atoms with E-state index in [1.807, 2.05) is 6.08 Å². The van der Waals surface area contributed by atoms with Gasteiger partial charge in [-0.1, -0.05) is 96.6 Å². The van der Waals surface area contributed by atoms with Crippen molar-refractivity contribution in [3.8, 4) is 0 Å². The summed E-state index contributed by atoms with van der Waals surface area (Å²) in [6.07, 6.45) is 2.10. The Kier molecular flexibility index (Phi) is 22.2. The SMILES string of the molecule is CCCCCCCCCCC/C=C/C(O)C(COC1OC(CO)C(OC2OC(CO)C(O)C(O)C2O)C(O)C1O)NC(=O)CCCCCC. The lowest BCUT2D eigenvalue weighted by molar-refractivity contribution is -0.359. The minimum atomic E-state index is -1.78. The van der Waals surface area contributed by atoms with E-state index in [0.717, 1.165) is 38.5 Å². The molecule has 288 valence electrons.